The molecule has 1 aliphatic rings. The Morgan fingerprint density at radius 3 is 2.85 bits per heavy atom. The van der Waals surface area contributed by atoms with Crippen molar-refractivity contribution in [3.63, 3.8) is 0 Å². The van der Waals surface area contributed by atoms with Crippen molar-refractivity contribution in [1.29, 1.82) is 0 Å². The van der Waals surface area contributed by atoms with Crippen molar-refractivity contribution < 1.29 is 4.79 Å². The third-order valence-electron chi connectivity index (χ3n) is 4.38. The first-order valence-electron chi connectivity index (χ1n) is 8.87. The Morgan fingerprint density at radius 2 is 2.00 bits per heavy atom. The maximum absolute atomic E-state index is 12.9. The maximum Gasteiger partial charge on any atom is 0.237 e. The lowest BCUT2D eigenvalue weighted by atomic mass is 10.2. The summed E-state index contributed by atoms with van der Waals surface area (Å²) in [5, 5.41) is 8.27. The van der Waals surface area contributed by atoms with Crippen LogP contribution in [0, 0.1) is 0 Å². The lowest BCUT2D eigenvalue weighted by molar-refractivity contribution is -0.116. The Kier molecular flexibility index (Phi) is 5.50. The third-order valence-corrected chi connectivity index (χ3v) is 6.45. The number of benzene rings is 2. The van der Waals surface area contributed by atoms with E-state index in [-0.39, 0.29) is 5.91 Å². The second kappa shape index (κ2) is 8.19. The Bertz CT molecular complexity index is 928. The first-order chi connectivity index (χ1) is 13.2. The Hall–Kier alpha value is -2.25. The molecule has 138 valence electrons. The second-order valence-electron chi connectivity index (χ2n) is 6.35. The number of H-pyrrole nitrogens is 1. The zero-order chi connectivity index (χ0) is 18.6. The molecule has 0 aliphatic carbocycles. The van der Waals surface area contributed by atoms with Crippen LogP contribution >= 0.6 is 23.5 Å². The summed E-state index contributed by atoms with van der Waals surface area (Å²) in [5.41, 5.74) is 1.99. The molecule has 0 spiro atoms. The van der Waals surface area contributed by atoms with Gasteiger partial charge in [0.2, 0.25) is 11.1 Å². The molecule has 0 unspecified atom stereocenters. The first kappa shape index (κ1) is 18.1. The van der Waals surface area contributed by atoms with E-state index in [1.165, 1.54) is 16.7 Å². The Morgan fingerprint density at radius 1 is 1.22 bits per heavy atom. The smallest absolute Gasteiger partial charge is 0.237 e. The minimum atomic E-state index is 0.0909. The number of thioether (sulfide) groups is 2. The summed E-state index contributed by atoms with van der Waals surface area (Å²) in [7, 11) is 0. The highest BCUT2D eigenvalue weighted by Gasteiger charge is 2.24. The monoisotopic (exact) mass is 396 g/mol. The van der Waals surface area contributed by atoms with Crippen molar-refractivity contribution in [1.82, 2.24) is 15.2 Å². The molecular formula is C20H20N4OS2. The van der Waals surface area contributed by atoms with Crippen LogP contribution in [0.4, 0.5) is 5.69 Å². The highest BCUT2D eigenvalue weighted by Crippen LogP contribution is 2.37. The molecule has 4 rings (SSSR count). The van der Waals surface area contributed by atoms with Gasteiger partial charge in [-0.05, 0) is 18.6 Å². The molecule has 0 fully saturated rings. The van der Waals surface area contributed by atoms with Crippen LogP contribution in [0.3, 0.4) is 0 Å². The molecule has 0 radical (unpaired) electrons. The van der Waals surface area contributed by atoms with Crippen LogP contribution in [0.1, 0.15) is 13.3 Å². The average Bonchev–Trinajstić information content (AvgIpc) is 3.10. The van der Waals surface area contributed by atoms with E-state index in [0.29, 0.717) is 16.2 Å². The van der Waals surface area contributed by atoms with E-state index < -0.39 is 0 Å². The molecule has 0 bridgehead atoms. The molecule has 27 heavy (non-hydrogen) atoms. The lowest BCUT2D eigenvalue weighted by Gasteiger charge is -2.22. The molecule has 5 nitrogen and oxygen atoms in total. The molecule has 0 saturated heterocycles. The summed E-state index contributed by atoms with van der Waals surface area (Å²) in [6.45, 7) is 2.96. The number of nitrogens with zero attached hydrogens (tertiary/aromatic N) is 3. The van der Waals surface area contributed by atoms with Gasteiger partial charge in [-0.25, -0.2) is 4.98 Å². The topological polar surface area (TPSA) is 61.9 Å². The number of fused-ring (bicyclic) bond motifs is 1. The predicted octanol–water partition coefficient (Wildman–Crippen LogP) is 4.48. The zero-order valence-corrected chi connectivity index (χ0v) is 16.6. The van der Waals surface area contributed by atoms with E-state index in [0.717, 1.165) is 30.0 Å². The number of aromatic amines is 1. The van der Waals surface area contributed by atoms with Crippen LogP contribution in [0.15, 0.2) is 64.6 Å². The van der Waals surface area contributed by atoms with Crippen LogP contribution in [-0.2, 0) is 4.79 Å². The lowest BCUT2D eigenvalue weighted by Crippen LogP contribution is -2.33. The molecule has 1 amide bonds. The predicted molar refractivity (Wildman–Crippen MR) is 111 cm³/mol. The summed E-state index contributed by atoms with van der Waals surface area (Å²) in [6.07, 6.45) is 0.981. The fourth-order valence-electron chi connectivity index (χ4n) is 2.99. The van der Waals surface area contributed by atoms with Gasteiger partial charge in [0, 0.05) is 22.3 Å². The van der Waals surface area contributed by atoms with Crippen LogP contribution < -0.4 is 4.90 Å². The molecule has 1 aliphatic heterocycles. The van der Waals surface area contributed by atoms with Gasteiger partial charge in [0.25, 0.3) is 0 Å². The number of carbonyl (C=O) groups is 1. The number of hydrogen-bond acceptors (Lipinski definition) is 5. The van der Waals surface area contributed by atoms with Crippen molar-refractivity contribution in [3.05, 3.63) is 54.6 Å². The van der Waals surface area contributed by atoms with Gasteiger partial charge in [0.15, 0.2) is 5.82 Å². The normalized spacial score (nSPS) is 16.6. The highest BCUT2D eigenvalue weighted by molar-refractivity contribution is 8.00. The highest BCUT2D eigenvalue weighted by atomic mass is 32.2. The summed E-state index contributed by atoms with van der Waals surface area (Å²) < 4.78 is 0. The number of rotatable bonds is 4. The van der Waals surface area contributed by atoms with Gasteiger partial charge >= 0.3 is 0 Å². The van der Waals surface area contributed by atoms with E-state index in [4.69, 9.17) is 0 Å². The molecule has 3 aromatic rings. The quantitative estimate of drug-likeness (QED) is 0.659. The number of para-hydroxylation sites is 1. The van der Waals surface area contributed by atoms with Crippen molar-refractivity contribution in [3.8, 4) is 11.4 Å². The summed E-state index contributed by atoms with van der Waals surface area (Å²) in [4.78, 5) is 20.5. The van der Waals surface area contributed by atoms with E-state index in [1.54, 1.807) is 0 Å². The van der Waals surface area contributed by atoms with E-state index >= 15 is 0 Å². The number of hydrogen-bond donors (Lipinski definition) is 1. The van der Waals surface area contributed by atoms with E-state index in [2.05, 4.69) is 28.2 Å². The number of amides is 1. The number of nitrogens with one attached hydrogen (secondary N) is 1. The third kappa shape index (κ3) is 4.20. The second-order valence-corrected chi connectivity index (χ2v) is 8.77. The molecule has 0 saturated carbocycles. The van der Waals surface area contributed by atoms with Gasteiger partial charge in [0.1, 0.15) is 0 Å². The van der Waals surface area contributed by atoms with Crippen molar-refractivity contribution in [2.24, 2.45) is 0 Å². The molecule has 1 N–H and O–H groups in total. The van der Waals surface area contributed by atoms with Gasteiger partial charge in [-0.2, -0.15) is 0 Å². The Labute approximate surface area is 167 Å². The summed E-state index contributed by atoms with van der Waals surface area (Å²) >= 11 is 3.21. The molecule has 2 heterocycles. The molecule has 7 heteroatoms. The molecule has 2 aromatic carbocycles. The van der Waals surface area contributed by atoms with Crippen molar-refractivity contribution >= 4 is 35.1 Å². The van der Waals surface area contributed by atoms with Gasteiger partial charge < -0.3 is 4.90 Å². The van der Waals surface area contributed by atoms with Crippen LogP contribution in [-0.4, -0.2) is 38.6 Å². The molecule has 1 atom stereocenters. The fraction of sp³-hybridized carbons (Fsp3) is 0.250. The fourth-order valence-corrected chi connectivity index (χ4v) is 4.77. The molecular weight excluding hydrogens is 376 g/mol. The largest absolute Gasteiger partial charge is 0.311 e. The van der Waals surface area contributed by atoms with Crippen LogP contribution in [0.25, 0.3) is 11.4 Å². The average molecular weight is 397 g/mol. The Balaban J connectivity index is 1.45. The van der Waals surface area contributed by atoms with E-state index in [9.17, 15) is 4.79 Å². The van der Waals surface area contributed by atoms with Crippen molar-refractivity contribution in [2.75, 3.05) is 17.2 Å². The van der Waals surface area contributed by atoms with Crippen molar-refractivity contribution in [2.45, 2.75) is 28.6 Å². The SMILES string of the molecule is C[C@H]1CCN(C(=O)CSc2n[nH]c(-c3ccccc3)n2)c2ccccc2S1. The van der Waals surface area contributed by atoms with Gasteiger partial charge in [0.05, 0.1) is 11.4 Å². The standard InChI is InChI=1S/C20H20N4OS2/c1-14-11-12-24(16-9-5-6-10-17(16)27-14)18(25)13-26-20-21-19(22-23-20)15-7-3-2-4-8-15/h2-10,14H,11-13H2,1H3,(H,21,22,23)/t14-/m0/s1. The summed E-state index contributed by atoms with van der Waals surface area (Å²) in [5.74, 6) is 1.13. The number of aromatic nitrogens is 3. The molecule has 1 aromatic heterocycles. The zero-order valence-electron chi connectivity index (χ0n) is 15.0. The van der Waals surface area contributed by atoms with Crippen LogP contribution in [0.5, 0.6) is 0 Å². The minimum Gasteiger partial charge on any atom is -0.311 e. The van der Waals surface area contributed by atoms with Crippen LogP contribution in [0.2, 0.25) is 0 Å². The maximum atomic E-state index is 12.9. The minimum absolute atomic E-state index is 0.0909. The van der Waals surface area contributed by atoms with Gasteiger partial charge in [-0.3, -0.25) is 9.89 Å². The van der Waals surface area contributed by atoms with E-state index in [1.807, 2.05) is 65.2 Å². The van der Waals surface area contributed by atoms with Gasteiger partial charge in [-0.1, -0.05) is 61.2 Å². The first-order valence-corrected chi connectivity index (χ1v) is 10.7. The van der Waals surface area contributed by atoms with Gasteiger partial charge in [-0.15, -0.1) is 16.9 Å². The summed E-state index contributed by atoms with van der Waals surface area (Å²) in [6, 6.07) is 18.0. The number of anilines is 1. The number of carbonyl (C=O) groups excluding carboxylic acids is 1.